The maximum Gasteiger partial charge on any atom is 0.184 e. The molecule has 1 saturated heterocycles. The van der Waals surface area contributed by atoms with Crippen molar-refractivity contribution in [2.24, 2.45) is 4.99 Å². The topological polar surface area (TPSA) is 32.7 Å². The fourth-order valence-corrected chi connectivity index (χ4v) is 3.66. The number of hydrogen-bond donors (Lipinski definition) is 0. The molecule has 2 heterocycles. The molecule has 0 N–H and O–H groups in total. The normalized spacial score (nSPS) is 16.8. The van der Waals surface area contributed by atoms with Crippen molar-refractivity contribution in [2.45, 2.75) is 39.5 Å². The molecule has 4 rings (SSSR count). The lowest BCUT2D eigenvalue weighted by atomic mass is 9.92. The molecular weight excluding hydrogens is 320 g/mol. The zero-order valence-corrected chi connectivity index (χ0v) is 15.9. The molecule has 0 atom stereocenters. The Bertz CT molecular complexity index is 769. The van der Waals surface area contributed by atoms with E-state index in [1.54, 1.807) is 0 Å². The van der Waals surface area contributed by atoms with Crippen LogP contribution in [0.15, 0.2) is 53.5 Å². The van der Waals surface area contributed by atoms with Crippen LogP contribution in [0.1, 0.15) is 61.0 Å². The minimum atomic E-state index is 0.107. The lowest BCUT2D eigenvalue weighted by Crippen LogP contribution is -2.24. The average Bonchev–Trinajstić information content (AvgIpc) is 3.00. The molecule has 2 aliphatic heterocycles. The van der Waals surface area contributed by atoms with Crippen molar-refractivity contribution in [3.63, 3.8) is 0 Å². The molecule has 2 aromatic rings. The van der Waals surface area contributed by atoms with Gasteiger partial charge in [0.2, 0.25) is 0 Å². The second kappa shape index (κ2) is 8.79. The maximum atomic E-state index is 12.0. The maximum absolute atomic E-state index is 12.0. The van der Waals surface area contributed by atoms with Gasteiger partial charge in [-0.25, -0.2) is 0 Å². The second-order valence-corrected chi connectivity index (χ2v) is 6.58. The standard InChI is InChI=1S/C21H22N2O.C2H6/c24-20-15-22-21(19-8-4-3-7-18(19)20)16-9-11-17(12-10-16)23-13-5-1-2-6-14-23;1-2/h3-4,7-12H,1-2,5-6,13-15H2;1-2H3. The van der Waals surface area contributed by atoms with Gasteiger partial charge in [0.15, 0.2) is 5.78 Å². The van der Waals surface area contributed by atoms with E-state index in [2.05, 4.69) is 34.2 Å². The Balaban J connectivity index is 0.000000948. The van der Waals surface area contributed by atoms with E-state index in [9.17, 15) is 4.79 Å². The summed E-state index contributed by atoms with van der Waals surface area (Å²) in [5.41, 5.74) is 5.07. The van der Waals surface area contributed by atoms with Gasteiger partial charge in [-0.05, 0) is 25.0 Å². The van der Waals surface area contributed by atoms with Crippen molar-refractivity contribution in [3.05, 3.63) is 65.2 Å². The molecule has 0 unspecified atom stereocenters. The van der Waals surface area contributed by atoms with E-state index < -0.39 is 0 Å². The van der Waals surface area contributed by atoms with E-state index in [0.717, 1.165) is 35.5 Å². The van der Waals surface area contributed by atoms with Crippen molar-refractivity contribution < 1.29 is 4.79 Å². The summed E-state index contributed by atoms with van der Waals surface area (Å²) in [6, 6.07) is 16.5. The lowest BCUT2D eigenvalue weighted by molar-refractivity contribution is 0.1000. The molecule has 0 radical (unpaired) electrons. The predicted molar refractivity (Wildman–Crippen MR) is 110 cm³/mol. The number of nitrogens with zero attached hydrogens (tertiary/aromatic N) is 2. The first-order chi connectivity index (χ1) is 12.8. The zero-order chi connectivity index (χ0) is 18.4. The Morgan fingerprint density at radius 3 is 2.08 bits per heavy atom. The summed E-state index contributed by atoms with van der Waals surface area (Å²) in [6.07, 6.45) is 5.25. The van der Waals surface area contributed by atoms with E-state index in [1.165, 1.54) is 31.4 Å². The highest BCUT2D eigenvalue weighted by Gasteiger charge is 2.21. The van der Waals surface area contributed by atoms with Gasteiger partial charge in [-0.3, -0.25) is 9.79 Å². The number of Topliss-reactive ketones (excluding diaryl/α,β-unsaturated/α-hetero) is 1. The third kappa shape index (κ3) is 3.87. The van der Waals surface area contributed by atoms with E-state index in [1.807, 2.05) is 38.1 Å². The van der Waals surface area contributed by atoms with E-state index in [0.29, 0.717) is 0 Å². The molecule has 2 aliphatic rings. The smallest absolute Gasteiger partial charge is 0.184 e. The summed E-state index contributed by atoms with van der Waals surface area (Å²) < 4.78 is 0. The van der Waals surface area contributed by atoms with Crippen molar-refractivity contribution in [1.82, 2.24) is 0 Å². The highest BCUT2D eigenvalue weighted by atomic mass is 16.1. The van der Waals surface area contributed by atoms with E-state index in [-0.39, 0.29) is 12.3 Å². The molecule has 0 saturated carbocycles. The zero-order valence-electron chi connectivity index (χ0n) is 15.9. The van der Waals surface area contributed by atoms with Crippen LogP contribution in [0.3, 0.4) is 0 Å². The first kappa shape index (κ1) is 18.4. The Morgan fingerprint density at radius 1 is 0.808 bits per heavy atom. The highest BCUT2D eigenvalue weighted by molar-refractivity contribution is 6.21. The minimum absolute atomic E-state index is 0.107. The SMILES string of the molecule is CC.O=C1CN=C(c2ccc(N3CCCCCC3)cc2)c2ccccc21. The van der Waals surface area contributed by atoms with Gasteiger partial charge in [0.05, 0.1) is 5.71 Å². The van der Waals surface area contributed by atoms with Crippen LogP contribution in [0.25, 0.3) is 0 Å². The number of rotatable bonds is 2. The Labute approximate surface area is 156 Å². The summed E-state index contributed by atoms with van der Waals surface area (Å²) >= 11 is 0. The van der Waals surface area contributed by atoms with Gasteiger partial charge < -0.3 is 4.90 Å². The Kier molecular flexibility index (Phi) is 6.21. The summed E-state index contributed by atoms with van der Waals surface area (Å²) in [4.78, 5) is 19.1. The molecule has 0 bridgehead atoms. The number of carbonyl (C=O) groups excluding carboxylic acids is 1. The second-order valence-electron chi connectivity index (χ2n) is 6.58. The Morgan fingerprint density at radius 2 is 1.42 bits per heavy atom. The Hall–Kier alpha value is -2.42. The summed E-state index contributed by atoms with van der Waals surface area (Å²) in [6.45, 7) is 6.55. The molecule has 2 aromatic carbocycles. The predicted octanol–water partition coefficient (Wildman–Crippen LogP) is 5.13. The van der Waals surface area contributed by atoms with E-state index >= 15 is 0 Å². The minimum Gasteiger partial charge on any atom is -0.372 e. The van der Waals surface area contributed by atoms with Gasteiger partial charge in [0.25, 0.3) is 0 Å². The van der Waals surface area contributed by atoms with Crippen molar-refractivity contribution in [2.75, 3.05) is 24.5 Å². The molecule has 26 heavy (non-hydrogen) atoms. The summed E-state index contributed by atoms with van der Waals surface area (Å²) in [5.74, 6) is 0.107. The number of carbonyl (C=O) groups is 1. The molecule has 3 nitrogen and oxygen atoms in total. The monoisotopic (exact) mass is 348 g/mol. The van der Waals surface area contributed by atoms with Crippen molar-refractivity contribution in [1.29, 1.82) is 0 Å². The number of hydrogen-bond acceptors (Lipinski definition) is 3. The molecule has 0 aliphatic carbocycles. The molecule has 136 valence electrons. The number of anilines is 1. The summed E-state index contributed by atoms with van der Waals surface area (Å²) in [5, 5.41) is 0. The lowest BCUT2D eigenvalue weighted by Gasteiger charge is -2.23. The number of fused-ring (bicyclic) bond motifs is 1. The first-order valence-corrected chi connectivity index (χ1v) is 9.85. The van der Waals surface area contributed by atoms with Crippen LogP contribution in [0.5, 0.6) is 0 Å². The fourth-order valence-electron chi connectivity index (χ4n) is 3.66. The van der Waals surface area contributed by atoms with Crippen LogP contribution in [-0.4, -0.2) is 31.1 Å². The van der Waals surface area contributed by atoms with Gasteiger partial charge in [-0.2, -0.15) is 0 Å². The average molecular weight is 348 g/mol. The number of benzene rings is 2. The van der Waals surface area contributed by atoms with Crippen LogP contribution in [0.2, 0.25) is 0 Å². The fraction of sp³-hybridized carbons (Fsp3) is 0.391. The summed E-state index contributed by atoms with van der Waals surface area (Å²) in [7, 11) is 0. The molecule has 1 fully saturated rings. The van der Waals surface area contributed by atoms with Crippen LogP contribution in [0, 0.1) is 0 Å². The van der Waals surface area contributed by atoms with E-state index in [4.69, 9.17) is 0 Å². The molecule has 3 heteroatoms. The van der Waals surface area contributed by atoms with Crippen LogP contribution >= 0.6 is 0 Å². The van der Waals surface area contributed by atoms with Gasteiger partial charge >= 0.3 is 0 Å². The highest BCUT2D eigenvalue weighted by Crippen LogP contribution is 2.24. The van der Waals surface area contributed by atoms with Crippen LogP contribution < -0.4 is 4.90 Å². The van der Waals surface area contributed by atoms with Crippen LogP contribution in [0.4, 0.5) is 5.69 Å². The van der Waals surface area contributed by atoms with Gasteiger partial charge in [-0.1, -0.05) is 63.1 Å². The van der Waals surface area contributed by atoms with Gasteiger partial charge in [-0.15, -0.1) is 0 Å². The number of ketones is 1. The number of aliphatic imine (C=N–C) groups is 1. The first-order valence-electron chi connectivity index (χ1n) is 9.85. The van der Waals surface area contributed by atoms with Crippen LogP contribution in [-0.2, 0) is 0 Å². The molecule has 0 amide bonds. The largest absolute Gasteiger partial charge is 0.372 e. The molecule has 0 spiro atoms. The van der Waals surface area contributed by atoms with Gasteiger partial charge in [0.1, 0.15) is 6.54 Å². The quantitative estimate of drug-likeness (QED) is 0.754. The molecular formula is C23H28N2O. The third-order valence-corrected chi connectivity index (χ3v) is 4.98. The molecule has 0 aromatic heterocycles. The third-order valence-electron chi connectivity index (χ3n) is 4.98. The van der Waals surface area contributed by atoms with Crippen molar-refractivity contribution in [3.8, 4) is 0 Å². The van der Waals surface area contributed by atoms with Crippen molar-refractivity contribution >= 4 is 17.2 Å². The van der Waals surface area contributed by atoms with Gasteiger partial charge in [0, 0.05) is 35.5 Å².